The van der Waals surface area contributed by atoms with E-state index in [9.17, 15) is 44.7 Å². The first-order valence-electron chi connectivity index (χ1n) is 5.77. The Kier molecular flexibility index (Phi) is 6.97. The van der Waals surface area contributed by atoms with E-state index in [0.29, 0.717) is 0 Å². The van der Waals surface area contributed by atoms with Gasteiger partial charge in [0.1, 0.15) is 0 Å². The molecule has 0 aliphatic rings. The van der Waals surface area contributed by atoms with Gasteiger partial charge in [-0.2, -0.15) is 30.7 Å². The molecule has 0 saturated heterocycles. The summed E-state index contributed by atoms with van der Waals surface area (Å²) in [6.45, 7) is 1.22. The Morgan fingerprint density at radius 3 is 1.91 bits per heavy atom. The lowest BCUT2D eigenvalue weighted by molar-refractivity contribution is -0.349. The van der Waals surface area contributed by atoms with E-state index in [2.05, 4.69) is 9.47 Å². The summed E-state index contributed by atoms with van der Waals surface area (Å²) in [5.41, 5.74) is 0. The summed E-state index contributed by atoms with van der Waals surface area (Å²) in [5, 5.41) is 0. The highest BCUT2D eigenvalue weighted by Gasteiger charge is 2.66. The molecule has 0 N–H and O–H groups in total. The predicted octanol–water partition coefficient (Wildman–Crippen LogP) is 3.17. The molecule has 0 saturated carbocycles. The minimum atomic E-state index is -5.93. The lowest BCUT2D eigenvalue weighted by Gasteiger charge is -2.28. The average Bonchev–Trinajstić information content (AvgIpc) is 2.33. The van der Waals surface area contributed by atoms with Gasteiger partial charge in [-0.25, -0.2) is 14.0 Å². The second-order valence-electron chi connectivity index (χ2n) is 3.93. The van der Waals surface area contributed by atoms with Crippen molar-refractivity contribution < 1.29 is 54.2 Å². The number of esters is 2. The third-order valence-corrected chi connectivity index (χ3v) is 2.06. The van der Waals surface area contributed by atoms with Crippen LogP contribution in [0.2, 0.25) is 0 Å². The summed E-state index contributed by atoms with van der Waals surface area (Å²) in [7, 11) is 0. The van der Waals surface area contributed by atoms with Gasteiger partial charge in [0.05, 0.1) is 13.0 Å². The van der Waals surface area contributed by atoms with Crippen molar-refractivity contribution in [3.8, 4) is 0 Å². The number of rotatable bonds is 7. The molecule has 0 aromatic carbocycles. The van der Waals surface area contributed by atoms with Gasteiger partial charge in [0.2, 0.25) is 0 Å². The molecule has 4 nitrogen and oxygen atoms in total. The zero-order valence-corrected chi connectivity index (χ0v) is 11.3. The summed E-state index contributed by atoms with van der Waals surface area (Å²) in [6, 6.07) is 0. The number of halogens is 8. The van der Waals surface area contributed by atoms with E-state index in [1.54, 1.807) is 0 Å². The van der Waals surface area contributed by atoms with Crippen LogP contribution >= 0.6 is 0 Å². The van der Waals surface area contributed by atoms with Crippen molar-refractivity contribution in [1.82, 2.24) is 0 Å². The van der Waals surface area contributed by atoms with Crippen LogP contribution in [0.5, 0.6) is 0 Å². The molecule has 23 heavy (non-hydrogen) atoms. The Hall–Kier alpha value is -1.88. The van der Waals surface area contributed by atoms with Crippen molar-refractivity contribution in [2.24, 2.45) is 0 Å². The van der Waals surface area contributed by atoms with Crippen molar-refractivity contribution in [2.45, 2.75) is 37.7 Å². The summed E-state index contributed by atoms with van der Waals surface area (Å²) >= 11 is 0. The molecule has 0 bridgehead atoms. The van der Waals surface area contributed by atoms with Gasteiger partial charge in [-0.15, -0.1) is 0 Å². The quantitative estimate of drug-likeness (QED) is 0.399. The largest absolute Gasteiger partial charge is 0.469 e. The van der Waals surface area contributed by atoms with E-state index in [1.807, 2.05) is 0 Å². The zero-order chi connectivity index (χ0) is 18.5. The Morgan fingerprint density at radius 1 is 1.00 bits per heavy atom. The SMILES string of the molecule is CCOC(=O)/C=C/C(=O)OC(F)(F)C(F)(F)C(F)CC(F)(F)F. The number of carbonyl (C=O) groups is 2. The Labute approximate surface area is 124 Å². The molecule has 134 valence electrons. The normalized spacial score (nSPS) is 14.7. The first-order valence-corrected chi connectivity index (χ1v) is 5.77. The lowest BCUT2D eigenvalue weighted by Crippen LogP contribution is -2.51. The third-order valence-electron chi connectivity index (χ3n) is 2.06. The van der Waals surface area contributed by atoms with E-state index < -0.39 is 42.7 Å². The first kappa shape index (κ1) is 21.1. The van der Waals surface area contributed by atoms with Gasteiger partial charge >= 0.3 is 30.1 Å². The van der Waals surface area contributed by atoms with E-state index in [4.69, 9.17) is 0 Å². The van der Waals surface area contributed by atoms with Crippen LogP contribution in [0.15, 0.2) is 12.2 Å². The van der Waals surface area contributed by atoms with Crippen LogP contribution in [-0.2, 0) is 19.1 Å². The molecule has 0 rings (SSSR count). The first-order chi connectivity index (χ1) is 10.2. The Balaban J connectivity index is 4.95. The maximum atomic E-state index is 13.0. The van der Waals surface area contributed by atoms with E-state index in [0.717, 1.165) is 0 Å². The Morgan fingerprint density at radius 2 is 1.48 bits per heavy atom. The van der Waals surface area contributed by atoms with Crippen molar-refractivity contribution in [3.63, 3.8) is 0 Å². The van der Waals surface area contributed by atoms with Crippen LogP contribution in [0.3, 0.4) is 0 Å². The molecule has 0 heterocycles. The number of hydrogen-bond acceptors (Lipinski definition) is 4. The fourth-order valence-corrected chi connectivity index (χ4v) is 1.07. The molecule has 0 amide bonds. The molecule has 0 aromatic heterocycles. The molecule has 0 aliphatic heterocycles. The van der Waals surface area contributed by atoms with Crippen LogP contribution in [0.1, 0.15) is 13.3 Å². The minimum absolute atomic E-state index is 0.0288. The summed E-state index contributed by atoms with van der Waals surface area (Å²) in [4.78, 5) is 21.6. The maximum absolute atomic E-state index is 13.0. The lowest BCUT2D eigenvalue weighted by atomic mass is 10.1. The van der Waals surface area contributed by atoms with Crippen LogP contribution in [0, 0.1) is 0 Å². The van der Waals surface area contributed by atoms with Crippen molar-refractivity contribution in [1.29, 1.82) is 0 Å². The summed E-state index contributed by atoms with van der Waals surface area (Å²) in [6.07, 6.45) is -18.3. The third kappa shape index (κ3) is 6.82. The van der Waals surface area contributed by atoms with Gasteiger partial charge in [0, 0.05) is 12.2 Å². The highest BCUT2D eigenvalue weighted by Crippen LogP contribution is 2.42. The number of ether oxygens (including phenoxy) is 2. The second kappa shape index (κ2) is 7.59. The van der Waals surface area contributed by atoms with E-state index in [-0.39, 0.29) is 18.8 Å². The van der Waals surface area contributed by atoms with Crippen LogP contribution in [0.4, 0.5) is 35.1 Å². The van der Waals surface area contributed by atoms with Crippen LogP contribution in [0.25, 0.3) is 0 Å². The molecule has 12 heteroatoms. The van der Waals surface area contributed by atoms with Crippen molar-refractivity contribution in [2.75, 3.05) is 6.61 Å². The average molecular weight is 358 g/mol. The van der Waals surface area contributed by atoms with Gasteiger partial charge < -0.3 is 9.47 Å². The molecule has 0 aliphatic carbocycles. The molecule has 0 fully saturated rings. The van der Waals surface area contributed by atoms with Crippen LogP contribution in [-0.4, -0.2) is 42.9 Å². The minimum Gasteiger partial charge on any atom is -0.463 e. The highest BCUT2D eigenvalue weighted by molar-refractivity contribution is 5.91. The fraction of sp³-hybridized carbons (Fsp3) is 0.636. The van der Waals surface area contributed by atoms with Crippen molar-refractivity contribution in [3.05, 3.63) is 12.2 Å². The van der Waals surface area contributed by atoms with Gasteiger partial charge in [-0.3, -0.25) is 0 Å². The van der Waals surface area contributed by atoms with E-state index in [1.165, 1.54) is 6.92 Å². The van der Waals surface area contributed by atoms with Crippen LogP contribution < -0.4 is 0 Å². The van der Waals surface area contributed by atoms with Gasteiger partial charge in [-0.1, -0.05) is 0 Å². The Bertz CT molecular complexity index is 457. The topological polar surface area (TPSA) is 52.6 Å². The van der Waals surface area contributed by atoms with Crippen molar-refractivity contribution >= 4 is 11.9 Å². The number of alkyl halides is 8. The molecule has 1 atom stereocenters. The second-order valence-corrected chi connectivity index (χ2v) is 3.93. The van der Waals surface area contributed by atoms with Gasteiger partial charge in [-0.05, 0) is 6.92 Å². The fourth-order valence-electron chi connectivity index (χ4n) is 1.07. The molecule has 0 radical (unpaired) electrons. The zero-order valence-electron chi connectivity index (χ0n) is 11.3. The molecule has 0 aromatic rings. The number of hydrogen-bond donors (Lipinski definition) is 0. The highest BCUT2D eigenvalue weighted by atomic mass is 19.4. The monoisotopic (exact) mass is 358 g/mol. The summed E-state index contributed by atoms with van der Waals surface area (Å²) in [5.74, 6) is -9.34. The number of carbonyl (C=O) groups excluding carboxylic acids is 2. The van der Waals surface area contributed by atoms with Gasteiger partial charge in [0.25, 0.3) is 0 Å². The smallest absolute Gasteiger partial charge is 0.463 e. The van der Waals surface area contributed by atoms with Gasteiger partial charge in [0.15, 0.2) is 6.17 Å². The predicted molar refractivity (Wildman–Crippen MR) is 57.3 cm³/mol. The summed E-state index contributed by atoms with van der Waals surface area (Å²) < 4.78 is 107. The standard InChI is InChI=1S/C11H10F8O4/c1-2-22-7(20)3-4-8(21)23-11(18,19)10(16,17)6(12)5-9(13,14)15/h3-4,6H,2,5H2,1H3/b4-3+. The maximum Gasteiger partial charge on any atom is 0.469 e. The van der Waals surface area contributed by atoms with E-state index >= 15 is 0 Å². The molecule has 1 unspecified atom stereocenters. The molecular formula is C11H10F8O4. The molecular weight excluding hydrogens is 348 g/mol. The molecule has 0 spiro atoms.